The van der Waals surface area contributed by atoms with Crippen LogP contribution in [-0.2, 0) is 15.8 Å². The highest BCUT2D eigenvalue weighted by Crippen LogP contribution is 2.42. The van der Waals surface area contributed by atoms with Gasteiger partial charge in [-0.3, -0.25) is 14.5 Å². The molecule has 0 bridgehead atoms. The molecule has 2 atom stereocenters. The van der Waals surface area contributed by atoms with Crippen molar-refractivity contribution in [2.24, 2.45) is 5.92 Å². The number of likely N-dealkylation sites (N-methyl/N-ethyl adjacent to an activating group) is 1. The molecule has 0 saturated carbocycles. The number of fused-ring (bicyclic) bond motifs is 2. The molecule has 11 heteroatoms. The smallest absolute Gasteiger partial charge is 0.395 e. The van der Waals surface area contributed by atoms with E-state index in [2.05, 4.69) is 4.98 Å². The van der Waals surface area contributed by atoms with Crippen LogP contribution in [0.2, 0.25) is 5.02 Å². The Hall–Kier alpha value is -2.85. The van der Waals surface area contributed by atoms with E-state index in [-0.39, 0.29) is 37.6 Å². The summed E-state index contributed by atoms with van der Waals surface area (Å²) in [5, 5.41) is 10.0. The molecule has 2 aliphatic rings. The number of aliphatic hydroxyl groups is 1. The number of carbonyl (C=O) groups is 2. The number of carbonyl (C=O) groups excluding carboxylic acids is 2. The molecule has 4 rings (SSSR count). The van der Waals surface area contributed by atoms with Crippen molar-refractivity contribution in [1.29, 1.82) is 0 Å². The zero-order chi connectivity index (χ0) is 24.1. The third-order valence-corrected chi connectivity index (χ3v) is 6.30. The molecule has 33 heavy (non-hydrogen) atoms. The van der Waals surface area contributed by atoms with Crippen LogP contribution in [0.1, 0.15) is 17.7 Å². The summed E-state index contributed by atoms with van der Waals surface area (Å²) in [7, 11) is 1.53. The van der Waals surface area contributed by atoms with Gasteiger partial charge in [0.05, 0.1) is 28.6 Å². The number of aliphatic hydroxyl groups excluding tert-OH is 1. The highest BCUT2D eigenvalue weighted by molar-refractivity contribution is 6.34. The van der Waals surface area contributed by atoms with Crippen LogP contribution in [0.25, 0.3) is 0 Å². The number of para-hydroxylation sites is 1. The predicted molar refractivity (Wildman–Crippen MR) is 118 cm³/mol. The van der Waals surface area contributed by atoms with Crippen LogP contribution in [-0.4, -0.2) is 54.7 Å². The number of aromatic nitrogens is 1. The molecule has 1 fully saturated rings. The van der Waals surface area contributed by atoms with Crippen molar-refractivity contribution in [2.75, 3.05) is 41.4 Å². The first-order valence-electron chi connectivity index (χ1n) is 10.3. The van der Waals surface area contributed by atoms with Gasteiger partial charge < -0.3 is 14.9 Å². The van der Waals surface area contributed by atoms with Gasteiger partial charge in [-0.05, 0) is 31.2 Å². The highest BCUT2D eigenvalue weighted by Gasteiger charge is 2.49. The van der Waals surface area contributed by atoms with Crippen molar-refractivity contribution in [3.63, 3.8) is 0 Å². The summed E-state index contributed by atoms with van der Waals surface area (Å²) in [6.07, 6.45) is -4.68. The molecule has 1 aromatic carbocycles. The van der Waals surface area contributed by atoms with Crippen LogP contribution in [0.4, 0.5) is 30.4 Å². The quantitative estimate of drug-likeness (QED) is 0.726. The van der Waals surface area contributed by atoms with E-state index in [1.54, 1.807) is 23.1 Å². The van der Waals surface area contributed by atoms with Crippen LogP contribution >= 0.6 is 11.6 Å². The number of benzene rings is 1. The largest absolute Gasteiger partial charge is 0.416 e. The van der Waals surface area contributed by atoms with Crippen molar-refractivity contribution in [3.05, 3.63) is 46.6 Å². The van der Waals surface area contributed by atoms with E-state index in [9.17, 15) is 27.9 Å². The lowest BCUT2D eigenvalue weighted by Gasteiger charge is -2.39. The van der Waals surface area contributed by atoms with Crippen LogP contribution in [0.3, 0.4) is 0 Å². The molecule has 1 aromatic heterocycles. The normalized spacial score (nSPS) is 21.1. The fourth-order valence-electron chi connectivity index (χ4n) is 4.59. The van der Waals surface area contributed by atoms with Gasteiger partial charge in [-0.15, -0.1) is 0 Å². The second kappa shape index (κ2) is 8.49. The fourth-order valence-corrected chi connectivity index (χ4v) is 4.88. The van der Waals surface area contributed by atoms with Crippen LogP contribution in [0, 0.1) is 12.8 Å². The molecular weight excluding hydrogens is 461 g/mol. The van der Waals surface area contributed by atoms with E-state index in [4.69, 9.17) is 11.6 Å². The Morgan fingerprint density at radius 2 is 1.97 bits per heavy atom. The number of hydrogen-bond donors (Lipinski definition) is 1. The molecule has 0 unspecified atom stereocenters. The van der Waals surface area contributed by atoms with Crippen molar-refractivity contribution in [2.45, 2.75) is 25.6 Å². The molecule has 2 aliphatic heterocycles. The topological polar surface area (TPSA) is 77.0 Å². The Kier molecular flexibility index (Phi) is 6.00. The van der Waals surface area contributed by atoms with Crippen LogP contribution in [0.15, 0.2) is 30.3 Å². The van der Waals surface area contributed by atoms with Gasteiger partial charge in [0, 0.05) is 38.2 Å². The number of rotatable bonds is 3. The molecule has 176 valence electrons. The fraction of sp³-hybridized carbons (Fsp3) is 0.409. The number of pyridine rings is 1. The van der Waals surface area contributed by atoms with Crippen molar-refractivity contribution in [1.82, 2.24) is 4.98 Å². The number of aryl methyl sites for hydroxylation is 1. The lowest BCUT2D eigenvalue weighted by Crippen LogP contribution is -2.52. The molecule has 0 radical (unpaired) electrons. The predicted octanol–water partition coefficient (Wildman–Crippen LogP) is 3.26. The van der Waals surface area contributed by atoms with E-state index in [0.717, 1.165) is 17.0 Å². The molecular formula is C22H22ClF3N4O3. The highest BCUT2D eigenvalue weighted by atomic mass is 35.5. The lowest BCUT2D eigenvalue weighted by atomic mass is 9.95. The van der Waals surface area contributed by atoms with Gasteiger partial charge in [0.25, 0.3) is 0 Å². The van der Waals surface area contributed by atoms with Crippen molar-refractivity contribution >= 4 is 40.6 Å². The van der Waals surface area contributed by atoms with Gasteiger partial charge in [-0.1, -0.05) is 17.7 Å². The number of halogens is 4. The van der Waals surface area contributed by atoms with Gasteiger partial charge in [0.2, 0.25) is 11.8 Å². The standard InChI is InChI=1S/C22H22ClF3N4O3/c1-12-8-14(22(24,25)26)10-17(27-12)30-18(32)9-13-11-29(6-7-31)20-15(23)4-3-5-16(20)28(2)21(33)19(13)30/h3-5,8,10,13,19,31H,6-7,9,11H2,1-2H3/t13-,19+/m1/s1. The minimum absolute atomic E-state index is 0.0526. The minimum atomic E-state index is -4.63. The third-order valence-electron chi connectivity index (χ3n) is 6.00. The SMILES string of the molecule is Cc1cc(C(F)(F)F)cc(N2C(=O)C[C@@H]3CN(CCO)c4c(Cl)cccc4N(C)C(=O)[C@H]32)n1. The zero-order valence-electron chi connectivity index (χ0n) is 17.9. The molecule has 7 nitrogen and oxygen atoms in total. The molecule has 0 spiro atoms. The van der Waals surface area contributed by atoms with E-state index in [1.165, 1.54) is 18.9 Å². The molecule has 0 aliphatic carbocycles. The maximum Gasteiger partial charge on any atom is 0.416 e. The van der Waals surface area contributed by atoms with Crippen LogP contribution in [0.5, 0.6) is 0 Å². The summed E-state index contributed by atoms with van der Waals surface area (Å²) in [4.78, 5) is 35.0. The summed E-state index contributed by atoms with van der Waals surface area (Å²) >= 11 is 6.43. The molecule has 2 amide bonds. The van der Waals surface area contributed by atoms with Gasteiger partial charge in [-0.25, -0.2) is 4.98 Å². The van der Waals surface area contributed by atoms with Gasteiger partial charge >= 0.3 is 6.18 Å². The summed E-state index contributed by atoms with van der Waals surface area (Å²) in [6.45, 7) is 1.63. The minimum Gasteiger partial charge on any atom is -0.395 e. The number of alkyl halides is 3. The summed E-state index contributed by atoms with van der Waals surface area (Å²) in [5.74, 6) is -1.68. The zero-order valence-corrected chi connectivity index (χ0v) is 18.7. The first-order chi connectivity index (χ1) is 15.5. The van der Waals surface area contributed by atoms with Crippen LogP contribution < -0.4 is 14.7 Å². The molecule has 1 N–H and O–H groups in total. The summed E-state index contributed by atoms with van der Waals surface area (Å²) in [6, 6.07) is 5.69. The maximum atomic E-state index is 13.6. The average molecular weight is 483 g/mol. The Labute approximate surface area is 193 Å². The lowest BCUT2D eigenvalue weighted by molar-refractivity contribution is -0.137. The Morgan fingerprint density at radius 1 is 1.24 bits per heavy atom. The van der Waals surface area contributed by atoms with E-state index < -0.39 is 35.5 Å². The first-order valence-corrected chi connectivity index (χ1v) is 10.7. The van der Waals surface area contributed by atoms with E-state index in [0.29, 0.717) is 16.4 Å². The monoisotopic (exact) mass is 482 g/mol. The second-order valence-corrected chi connectivity index (χ2v) is 8.61. The number of hydrogen-bond acceptors (Lipinski definition) is 5. The molecule has 1 saturated heterocycles. The first kappa shape index (κ1) is 23.3. The Morgan fingerprint density at radius 3 is 2.64 bits per heavy atom. The van der Waals surface area contributed by atoms with Gasteiger partial charge in [0.1, 0.15) is 11.9 Å². The summed E-state index contributed by atoms with van der Waals surface area (Å²) in [5.41, 5.74) is 0.182. The summed E-state index contributed by atoms with van der Waals surface area (Å²) < 4.78 is 40.2. The van der Waals surface area contributed by atoms with Crippen molar-refractivity contribution < 1.29 is 27.9 Å². The average Bonchev–Trinajstić information content (AvgIpc) is 3.06. The second-order valence-electron chi connectivity index (χ2n) is 8.20. The molecule has 2 aromatic rings. The van der Waals surface area contributed by atoms with E-state index in [1.807, 2.05) is 0 Å². The number of nitrogens with zero attached hydrogens (tertiary/aromatic N) is 4. The Balaban J connectivity index is 1.83. The number of β-amino-alcohol motifs (C(OH)–C–C–N with tert-alkyl or cyclic N) is 1. The third kappa shape index (κ3) is 4.13. The Bertz CT molecular complexity index is 1110. The van der Waals surface area contributed by atoms with Gasteiger partial charge in [-0.2, -0.15) is 13.2 Å². The maximum absolute atomic E-state index is 13.6. The van der Waals surface area contributed by atoms with E-state index >= 15 is 0 Å². The van der Waals surface area contributed by atoms with Crippen molar-refractivity contribution in [3.8, 4) is 0 Å². The molecule has 3 heterocycles. The van der Waals surface area contributed by atoms with Gasteiger partial charge in [0.15, 0.2) is 0 Å². The number of amides is 2. The number of anilines is 3.